The fourth-order valence-corrected chi connectivity index (χ4v) is 7.45. The number of carbonyl (C=O) groups is 1. The van der Waals surface area contributed by atoms with Crippen molar-refractivity contribution < 1.29 is 42.5 Å². The van der Waals surface area contributed by atoms with Crippen molar-refractivity contribution in [2.45, 2.75) is 149 Å². The minimum atomic E-state index is -1.08. The van der Waals surface area contributed by atoms with Crippen molar-refractivity contribution in [1.29, 1.82) is 0 Å². The van der Waals surface area contributed by atoms with Gasteiger partial charge in [-0.15, -0.1) is 0 Å². The van der Waals surface area contributed by atoms with Crippen LogP contribution in [-0.4, -0.2) is 47.9 Å². The molecular formula is C38H57CoN2O4+. The fraction of sp³-hybridized carbons (Fsp3) is 0.605. The van der Waals surface area contributed by atoms with E-state index in [2.05, 4.69) is 127 Å². The Morgan fingerprint density at radius 2 is 1.00 bits per heavy atom. The van der Waals surface area contributed by atoms with Crippen LogP contribution in [0.3, 0.4) is 0 Å². The molecule has 0 radical (unpaired) electrons. The number of nitrogens with zero attached hydrogens (tertiary/aromatic N) is 2. The molecule has 4 rings (SSSR count). The summed E-state index contributed by atoms with van der Waals surface area (Å²) in [5.41, 5.74) is 5.89. The molecule has 7 heteroatoms. The molecule has 2 aromatic carbocycles. The summed E-state index contributed by atoms with van der Waals surface area (Å²) < 4.78 is 4.83. The number of carboxylic acids is 1. The van der Waals surface area contributed by atoms with E-state index in [0.29, 0.717) is 23.6 Å². The molecule has 0 amide bonds. The molecule has 45 heavy (non-hydrogen) atoms. The van der Waals surface area contributed by atoms with Crippen molar-refractivity contribution in [3.8, 4) is 11.5 Å². The summed E-state index contributed by atoms with van der Waals surface area (Å²) in [6, 6.07) is 9.47. The van der Waals surface area contributed by atoms with Crippen molar-refractivity contribution in [2.24, 2.45) is 0 Å². The molecule has 1 aliphatic heterocycles. The first-order valence-corrected chi connectivity index (χ1v) is 17.2. The normalized spacial score (nSPS) is 21.2. The van der Waals surface area contributed by atoms with Gasteiger partial charge in [0.15, 0.2) is 0 Å². The van der Waals surface area contributed by atoms with Gasteiger partial charge in [0.05, 0.1) is 0 Å². The maximum atomic E-state index is 11.5. The quantitative estimate of drug-likeness (QED) is 0.368. The number of benzene rings is 2. The van der Waals surface area contributed by atoms with Crippen molar-refractivity contribution >= 4 is 18.4 Å². The van der Waals surface area contributed by atoms with Crippen LogP contribution in [0.15, 0.2) is 24.3 Å². The molecule has 1 saturated heterocycles. The standard InChI is InChI=1S/C36H54N2O2.C2H4O2.Co/c1-33(2,3)25-17-23(31(39)27(19-25)35(7,8)9)21-37-29-15-13-14-16-30(29)38-22-24-18-26(34(4,5)6)20-28(32(24)40)36(10,11)12;1-2(3)4;/h17-22,29-30,39-40H,13-16H2,1-12H3;1H3,(H,3,4);/q;;+2/p-1. The van der Waals surface area contributed by atoms with E-state index in [1.165, 1.54) is 24.0 Å². The van der Waals surface area contributed by atoms with E-state index >= 15 is 0 Å². The van der Waals surface area contributed by atoms with Crippen molar-refractivity contribution in [1.82, 2.24) is 0 Å². The van der Waals surface area contributed by atoms with Crippen LogP contribution in [0, 0.1) is 0 Å². The van der Waals surface area contributed by atoms with Gasteiger partial charge in [0.25, 0.3) is 0 Å². The Morgan fingerprint density at radius 3 is 1.27 bits per heavy atom. The second-order valence-corrected chi connectivity index (χ2v) is 18.1. The van der Waals surface area contributed by atoms with E-state index in [9.17, 15) is 10.2 Å². The average Bonchev–Trinajstić information content (AvgIpc) is 3.20. The zero-order valence-electron chi connectivity index (χ0n) is 29.9. The Morgan fingerprint density at radius 1 is 0.689 bits per heavy atom. The molecule has 1 saturated carbocycles. The van der Waals surface area contributed by atoms with Crippen LogP contribution < -0.4 is 5.11 Å². The van der Waals surface area contributed by atoms with Gasteiger partial charge in [0, 0.05) is 5.97 Å². The summed E-state index contributed by atoms with van der Waals surface area (Å²) in [6.45, 7) is 27.4. The molecule has 6 nitrogen and oxygen atoms in total. The number of hydrogen-bond acceptors (Lipinski definition) is 4. The van der Waals surface area contributed by atoms with Gasteiger partial charge in [-0.3, -0.25) is 0 Å². The first-order chi connectivity index (χ1) is 20.4. The molecule has 2 atom stereocenters. The van der Waals surface area contributed by atoms with Crippen LogP contribution in [0.2, 0.25) is 0 Å². The third kappa shape index (κ3) is 9.00. The summed E-state index contributed by atoms with van der Waals surface area (Å²) in [5, 5.41) is 31.9. The van der Waals surface area contributed by atoms with Crippen LogP contribution in [0.5, 0.6) is 11.5 Å². The van der Waals surface area contributed by atoms with E-state index in [-0.39, 0.29) is 21.7 Å². The molecule has 1 aliphatic carbocycles. The van der Waals surface area contributed by atoms with E-state index < -0.39 is 5.97 Å². The number of carboxylic acid groups (broad SMARTS) is 1. The Kier molecular flexibility index (Phi) is 10.8. The van der Waals surface area contributed by atoms with Crippen molar-refractivity contribution in [2.75, 3.05) is 0 Å². The maximum absolute atomic E-state index is 11.5. The molecule has 2 N–H and O–H groups in total. The summed E-state index contributed by atoms with van der Waals surface area (Å²) in [7, 11) is 0. The first kappa shape index (κ1) is 36.8. The SMILES string of the molecule is CC(=O)[O-].CC(C)(C)c1cc(C=[N+]2[Co][N+](=Cc3cc(C(C)(C)C)cc(C(C)(C)C)c3O)C3CCCCC32)c(O)c(C(C)(C)C)c1. The zero-order chi connectivity index (χ0) is 34.3. The molecule has 251 valence electrons. The van der Waals surface area contributed by atoms with Gasteiger partial charge in [0.1, 0.15) is 0 Å². The van der Waals surface area contributed by atoms with E-state index in [4.69, 9.17) is 9.90 Å². The average molecular weight is 665 g/mol. The van der Waals surface area contributed by atoms with Gasteiger partial charge in [0.2, 0.25) is 0 Å². The monoisotopic (exact) mass is 664 g/mol. The van der Waals surface area contributed by atoms with Gasteiger partial charge in [-0.1, -0.05) is 0 Å². The van der Waals surface area contributed by atoms with Crippen LogP contribution in [0.1, 0.15) is 149 Å². The third-order valence-corrected chi connectivity index (χ3v) is 10.0. The van der Waals surface area contributed by atoms with E-state index in [0.717, 1.165) is 57.1 Å². The third-order valence-electron chi connectivity index (χ3n) is 8.59. The predicted molar refractivity (Wildman–Crippen MR) is 179 cm³/mol. The Hall–Kier alpha value is -2.64. The number of hydrogen-bond donors (Lipinski definition) is 2. The molecular weight excluding hydrogens is 607 g/mol. The summed E-state index contributed by atoms with van der Waals surface area (Å²) >= 11 is 1.10. The zero-order valence-corrected chi connectivity index (χ0v) is 30.9. The molecule has 1 heterocycles. The van der Waals surface area contributed by atoms with Gasteiger partial charge >= 0.3 is 257 Å². The minimum absolute atomic E-state index is 0.0216. The van der Waals surface area contributed by atoms with Crippen molar-refractivity contribution in [3.63, 3.8) is 0 Å². The second-order valence-electron chi connectivity index (χ2n) is 16.8. The van der Waals surface area contributed by atoms with E-state index in [1.807, 2.05) is 0 Å². The van der Waals surface area contributed by atoms with E-state index in [1.54, 1.807) is 0 Å². The number of fused-ring (bicyclic) bond motifs is 1. The van der Waals surface area contributed by atoms with Crippen molar-refractivity contribution in [3.05, 3.63) is 57.6 Å². The molecule has 0 aromatic heterocycles. The number of rotatable bonds is 2. The molecule has 2 aromatic rings. The summed E-state index contributed by atoms with van der Waals surface area (Å²) in [5.74, 6) is -0.305. The topological polar surface area (TPSA) is 86.6 Å². The molecule has 0 spiro atoms. The Labute approximate surface area is 278 Å². The van der Waals surface area contributed by atoms with Gasteiger partial charge in [-0.05, 0) is 6.92 Å². The molecule has 2 fully saturated rings. The Bertz CT molecular complexity index is 1370. The number of phenolic OH excluding ortho intramolecular Hbond substituents is 2. The Balaban J connectivity index is 0.00000130. The van der Waals surface area contributed by atoms with Gasteiger partial charge < -0.3 is 9.90 Å². The predicted octanol–water partition coefficient (Wildman–Crippen LogP) is 6.84. The summed E-state index contributed by atoms with van der Waals surface area (Å²) in [4.78, 5) is 8.89. The van der Waals surface area contributed by atoms with Crippen LogP contribution >= 0.6 is 0 Å². The van der Waals surface area contributed by atoms with Gasteiger partial charge in [-0.25, -0.2) is 0 Å². The van der Waals surface area contributed by atoms with Crippen LogP contribution in [0.25, 0.3) is 0 Å². The number of carbonyl (C=O) groups excluding carboxylic acids is 1. The molecule has 0 bridgehead atoms. The van der Waals surface area contributed by atoms with Crippen LogP contribution in [-0.2, 0) is 41.6 Å². The van der Waals surface area contributed by atoms with Gasteiger partial charge in [-0.2, -0.15) is 0 Å². The number of aliphatic carboxylic acids is 1. The summed E-state index contributed by atoms with van der Waals surface area (Å²) in [6.07, 6.45) is 9.09. The second kappa shape index (κ2) is 13.2. The van der Waals surface area contributed by atoms with Crippen LogP contribution in [0.4, 0.5) is 0 Å². The molecule has 2 aliphatic rings. The first-order valence-electron chi connectivity index (χ1n) is 16.2. The molecule has 2 unspecified atom stereocenters. The number of aromatic hydroxyl groups is 2. The fourth-order valence-electron chi connectivity index (χ4n) is 5.83. The number of phenols is 2.